The normalized spacial score (nSPS) is 10.6. The SMILES string of the molecule is Cc1cc(N)c(N(C)CCc2ccccc2C)cc1C. The van der Waals surface area contributed by atoms with Gasteiger partial charge < -0.3 is 10.6 Å². The highest BCUT2D eigenvalue weighted by molar-refractivity contribution is 5.69. The average Bonchev–Trinajstić information content (AvgIpc) is 2.41. The molecule has 2 aromatic rings. The van der Waals surface area contributed by atoms with E-state index in [1.165, 1.54) is 22.3 Å². The highest BCUT2D eigenvalue weighted by Gasteiger charge is 2.08. The van der Waals surface area contributed by atoms with Crippen LogP contribution in [0.5, 0.6) is 0 Å². The maximum atomic E-state index is 6.15. The van der Waals surface area contributed by atoms with Gasteiger partial charge in [-0.05, 0) is 61.6 Å². The number of hydrogen-bond donors (Lipinski definition) is 1. The molecule has 2 nitrogen and oxygen atoms in total. The molecule has 0 spiro atoms. The first-order valence-corrected chi connectivity index (χ1v) is 7.11. The zero-order valence-electron chi connectivity index (χ0n) is 12.9. The molecule has 2 N–H and O–H groups in total. The Morgan fingerprint density at radius 1 is 0.950 bits per heavy atom. The van der Waals surface area contributed by atoms with Crippen molar-refractivity contribution in [2.45, 2.75) is 27.2 Å². The van der Waals surface area contributed by atoms with E-state index in [9.17, 15) is 0 Å². The summed E-state index contributed by atoms with van der Waals surface area (Å²) < 4.78 is 0. The van der Waals surface area contributed by atoms with Gasteiger partial charge in [0.1, 0.15) is 0 Å². The van der Waals surface area contributed by atoms with Crippen LogP contribution in [0.1, 0.15) is 22.3 Å². The average molecular weight is 268 g/mol. The Labute approximate surface area is 122 Å². The van der Waals surface area contributed by atoms with Gasteiger partial charge >= 0.3 is 0 Å². The van der Waals surface area contributed by atoms with Crippen LogP contribution in [0.15, 0.2) is 36.4 Å². The largest absolute Gasteiger partial charge is 0.397 e. The lowest BCUT2D eigenvalue weighted by Gasteiger charge is -2.22. The summed E-state index contributed by atoms with van der Waals surface area (Å²) in [7, 11) is 2.11. The number of likely N-dealkylation sites (N-methyl/N-ethyl adjacent to an activating group) is 1. The van der Waals surface area contributed by atoms with E-state index in [1.807, 2.05) is 0 Å². The Morgan fingerprint density at radius 2 is 1.60 bits per heavy atom. The van der Waals surface area contributed by atoms with Gasteiger partial charge in [-0.2, -0.15) is 0 Å². The van der Waals surface area contributed by atoms with Crippen molar-refractivity contribution in [2.75, 3.05) is 24.2 Å². The third-order valence-electron chi connectivity index (χ3n) is 4.03. The molecule has 0 aliphatic rings. The monoisotopic (exact) mass is 268 g/mol. The van der Waals surface area contributed by atoms with E-state index in [0.717, 1.165) is 24.3 Å². The number of nitrogens with zero attached hydrogens (tertiary/aromatic N) is 1. The van der Waals surface area contributed by atoms with E-state index < -0.39 is 0 Å². The molecule has 0 unspecified atom stereocenters. The number of anilines is 2. The maximum Gasteiger partial charge on any atom is 0.0600 e. The first-order chi connectivity index (χ1) is 9.49. The summed E-state index contributed by atoms with van der Waals surface area (Å²) in [6, 6.07) is 12.8. The summed E-state index contributed by atoms with van der Waals surface area (Å²) in [5.74, 6) is 0. The Hall–Kier alpha value is -1.96. The minimum Gasteiger partial charge on any atom is -0.397 e. The Balaban J connectivity index is 2.11. The van der Waals surface area contributed by atoms with E-state index in [4.69, 9.17) is 5.73 Å². The van der Waals surface area contributed by atoms with Crippen LogP contribution in [-0.2, 0) is 6.42 Å². The molecular weight excluding hydrogens is 244 g/mol. The van der Waals surface area contributed by atoms with Crippen molar-refractivity contribution in [2.24, 2.45) is 0 Å². The van der Waals surface area contributed by atoms with Crippen molar-refractivity contribution in [3.8, 4) is 0 Å². The van der Waals surface area contributed by atoms with Gasteiger partial charge in [-0.1, -0.05) is 24.3 Å². The molecule has 0 aliphatic heterocycles. The summed E-state index contributed by atoms with van der Waals surface area (Å²) in [6.07, 6.45) is 1.04. The predicted molar refractivity (Wildman–Crippen MR) is 88.5 cm³/mol. The molecule has 0 heterocycles. The molecule has 0 saturated carbocycles. The molecule has 20 heavy (non-hydrogen) atoms. The lowest BCUT2D eigenvalue weighted by Crippen LogP contribution is -2.22. The van der Waals surface area contributed by atoms with Gasteiger partial charge in [0, 0.05) is 13.6 Å². The number of nitrogen functional groups attached to an aromatic ring is 1. The summed E-state index contributed by atoms with van der Waals surface area (Å²) >= 11 is 0. The first-order valence-electron chi connectivity index (χ1n) is 7.11. The fraction of sp³-hybridized carbons (Fsp3) is 0.333. The molecule has 0 atom stereocenters. The first kappa shape index (κ1) is 14.4. The van der Waals surface area contributed by atoms with E-state index in [1.54, 1.807) is 0 Å². The zero-order chi connectivity index (χ0) is 14.7. The summed E-state index contributed by atoms with van der Waals surface area (Å²) in [6.45, 7) is 7.37. The second-order valence-electron chi connectivity index (χ2n) is 5.59. The molecule has 0 radical (unpaired) electrons. The molecule has 0 amide bonds. The van der Waals surface area contributed by atoms with Crippen LogP contribution < -0.4 is 10.6 Å². The Bertz CT molecular complexity index is 602. The van der Waals surface area contributed by atoms with Gasteiger partial charge in [0.15, 0.2) is 0 Å². The van der Waals surface area contributed by atoms with Crippen LogP contribution in [0.25, 0.3) is 0 Å². The number of aryl methyl sites for hydroxylation is 3. The van der Waals surface area contributed by atoms with Crippen molar-refractivity contribution in [3.05, 3.63) is 58.7 Å². The van der Waals surface area contributed by atoms with Crippen LogP contribution in [0, 0.1) is 20.8 Å². The van der Waals surface area contributed by atoms with E-state index in [0.29, 0.717) is 0 Å². The molecule has 2 aromatic carbocycles. The van der Waals surface area contributed by atoms with Crippen LogP contribution in [0.4, 0.5) is 11.4 Å². The summed E-state index contributed by atoms with van der Waals surface area (Å²) in [5, 5.41) is 0. The number of nitrogens with two attached hydrogens (primary N) is 1. The molecule has 106 valence electrons. The van der Waals surface area contributed by atoms with Crippen LogP contribution in [0.2, 0.25) is 0 Å². The molecule has 2 heteroatoms. The van der Waals surface area contributed by atoms with E-state index >= 15 is 0 Å². The number of rotatable bonds is 4. The van der Waals surface area contributed by atoms with Crippen molar-refractivity contribution >= 4 is 11.4 Å². The van der Waals surface area contributed by atoms with Crippen LogP contribution in [-0.4, -0.2) is 13.6 Å². The minimum absolute atomic E-state index is 0.861. The van der Waals surface area contributed by atoms with Gasteiger partial charge in [-0.25, -0.2) is 0 Å². The highest BCUT2D eigenvalue weighted by Crippen LogP contribution is 2.26. The summed E-state index contributed by atoms with van der Waals surface area (Å²) in [4.78, 5) is 2.24. The third-order valence-corrected chi connectivity index (χ3v) is 4.03. The lowest BCUT2D eigenvalue weighted by molar-refractivity contribution is 0.872. The van der Waals surface area contributed by atoms with E-state index in [-0.39, 0.29) is 0 Å². The quantitative estimate of drug-likeness (QED) is 0.853. The third kappa shape index (κ3) is 3.13. The second-order valence-corrected chi connectivity index (χ2v) is 5.59. The molecule has 0 aliphatic carbocycles. The van der Waals surface area contributed by atoms with Gasteiger partial charge in [0.25, 0.3) is 0 Å². The van der Waals surface area contributed by atoms with Crippen molar-refractivity contribution in [3.63, 3.8) is 0 Å². The number of hydrogen-bond acceptors (Lipinski definition) is 2. The maximum absolute atomic E-state index is 6.15. The standard InChI is InChI=1S/C18H24N2/c1-13-7-5-6-8-16(13)9-10-20(4)18-12-15(3)14(2)11-17(18)19/h5-8,11-12H,9-10,19H2,1-4H3. The molecule has 0 saturated heterocycles. The second kappa shape index (κ2) is 6.00. The minimum atomic E-state index is 0.861. The Kier molecular flexibility index (Phi) is 4.33. The van der Waals surface area contributed by atoms with Gasteiger partial charge in [0.05, 0.1) is 11.4 Å². The molecule has 0 fully saturated rings. The van der Waals surface area contributed by atoms with Gasteiger partial charge in [0.2, 0.25) is 0 Å². The molecule has 2 rings (SSSR count). The van der Waals surface area contributed by atoms with Crippen molar-refractivity contribution in [1.82, 2.24) is 0 Å². The van der Waals surface area contributed by atoms with Gasteiger partial charge in [-0.3, -0.25) is 0 Å². The fourth-order valence-electron chi connectivity index (χ4n) is 2.45. The van der Waals surface area contributed by atoms with Crippen molar-refractivity contribution < 1.29 is 0 Å². The lowest BCUT2D eigenvalue weighted by atomic mass is 10.0. The smallest absolute Gasteiger partial charge is 0.0600 e. The topological polar surface area (TPSA) is 29.3 Å². The van der Waals surface area contributed by atoms with Crippen LogP contribution >= 0.6 is 0 Å². The predicted octanol–water partition coefficient (Wildman–Crippen LogP) is 3.87. The zero-order valence-corrected chi connectivity index (χ0v) is 12.9. The number of benzene rings is 2. The summed E-state index contributed by atoms with van der Waals surface area (Å²) in [5.41, 5.74) is 13.4. The molecule has 0 aromatic heterocycles. The fourth-order valence-corrected chi connectivity index (χ4v) is 2.45. The Morgan fingerprint density at radius 3 is 2.30 bits per heavy atom. The molecule has 0 bridgehead atoms. The van der Waals surface area contributed by atoms with Crippen LogP contribution in [0.3, 0.4) is 0 Å². The molecular formula is C18H24N2. The van der Waals surface area contributed by atoms with E-state index in [2.05, 4.69) is 69.1 Å². The highest BCUT2D eigenvalue weighted by atomic mass is 15.1. The van der Waals surface area contributed by atoms with Crippen molar-refractivity contribution in [1.29, 1.82) is 0 Å². The van der Waals surface area contributed by atoms with Gasteiger partial charge in [-0.15, -0.1) is 0 Å².